The van der Waals surface area contributed by atoms with Crippen LogP contribution in [0.15, 0.2) is 53.3 Å². The van der Waals surface area contributed by atoms with E-state index in [1.165, 1.54) is 12.1 Å². The average Bonchev–Trinajstić information content (AvgIpc) is 3.34. The Hall–Kier alpha value is -4.14. The van der Waals surface area contributed by atoms with Crippen molar-refractivity contribution in [3.8, 4) is 22.5 Å². The maximum absolute atomic E-state index is 12.5. The summed E-state index contributed by atoms with van der Waals surface area (Å²) in [6, 6.07) is 13.6. The zero-order valence-electron chi connectivity index (χ0n) is 17.4. The predicted molar refractivity (Wildman–Crippen MR) is 122 cm³/mol. The molecule has 5 rings (SSSR count). The first-order valence-corrected chi connectivity index (χ1v) is 10.4. The molecule has 4 aromatic rings. The molecule has 0 bridgehead atoms. The molecule has 0 aliphatic carbocycles. The van der Waals surface area contributed by atoms with Gasteiger partial charge in [-0.05, 0) is 56.2 Å². The number of pyridine rings is 2. The Morgan fingerprint density at radius 1 is 0.938 bits per heavy atom. The Bertz CT molecular complexity index is 1390. The molecule has 9 nitrogen and oxygen atoms in total. The molecule has 0 spiro atoms. The highest BCUT2D eigenvalue weighted by Gasteiger charge is 2.17. The molecule has 32 heavy (non-hydrogen) atoms. The molecule has 3 aromatic heterocycles. The summed E-state index contributed by atoms with van der Waals surface area (Å²) in [5, 5.41) is 11.3. The lowest BCUT2D eigenvalue weighted by molar-refractivity contribution is -0.384. The quantitative estimate of drug-likeness (QED) is 0.387. The fraction of sp³-hybridized carbons (Fsp3) is 0.217. The van der Waals surface area contributed by atoms with Crippen LogP contribution < -0.4 is 10.5 Å². The molecule has 0 saturated carbocycles. The van der Waals surface area contributed by atoms with Crippen LogP contribution in [-0.2, 0) is 0 Å². The lowest BCUT2D eigenvalue weighted by atomic mass is 10.1. The van der Waals surface area contributed by atoms with E-state index in [-0.39, 0.29) is 11.2 Å². The van der Waals surface area contributed by atoms with Gasteiger partial charge in [0, 0.05) is 42.0 Å². The van der Waals surface area contributed by atoms with Crippen LogP contribution in [0, 0.1) is 17.0 Å². The van der Waals surface area contributed by atoms with E-state index in [1.54, 1.807) is 24.3 Å². The van der Waals surface area contributed by atoms with E-state index >= 15 is 0 Å². The highest BCUT2D eigenvalue weighted by atomic mass is 16.6. The first kappa shape index (κ1) is 19.8. The van der Waals surface area contributed by atoms with Crippen molar-refractivity contribution in [3.05, 3.63) is 74.7 Å². The summed E-state index contributed by atoms with van der Waals surface area (Å²) in [6.07, 6.45) is 2.17. The second-order valence-corrected chi connectivity index (χ2v) is 7.78. The van der Waals surface area contributed by atoms with E-state index in [2.05, 4.69) is 24.8 Å². The maximum atomic E-state index is 12.5. The first-order chi connectivity index (χ1) is 15.5. The minimum atomic E-state index is -0.425. The SMILES string of the molecule is Cc1nc(-c2ccc([N+](=O)[O-])cc2)ccc1-c1ccc2c(=O)[nH]c(N3CCCC3)nc2n1. The number of non-ortho nitro benzene ring substituents is 1. The number of benzene rings is 1. The molecule has 9 heteroatoms. The smallest absolute Gasteiger partial charge is 0.269 e. The molecule has 1 N–H and O–H groups in total. The number of rotatable bonds is 4. The lowest BCUT2D eigenvalue weighted by Gasteiger charge is -2.15. The van der Waals surface area contributed by atoms with Crippen molar-refractivity contribution in [2.75, 3.05) is 18.0 Å². The zero-order valence-corrected chi connectivity index (χ0v) is 17.4. The van der Waals surface area contributed by atoms with Crippen molar-refractivity contribution in [1.82, 2.24) is 19.9 Å². The van der Waals surface area contributed by atoms with E-state index in [9.17, 15) is 14.9 Å². The third kappa shape index (κ3) is 3.58. The van der Waals surface area contributed by atoms with Gasteiger partial charge in [0.15, 0.2) is 5.65 Å². The Balaban J connectivity index is 1.51. The summed E-state index contributed by atoms with van der Waals surface area (Å²) >= 11 is 0. The molecule has 0 atom stereocenters. The summed E-state index contributed by atoms with van der Waals surface area (Å²) in [4.78, 5) is 41.8. The normalized spacial score (nSPS) is 13.6. The van der Waals surface area contributed by atoms with E-state index < -0.39 is 4.92 Å². The molecule has 0 amide bonds. The summed E-state index contributed by atoms with van der Waals surface area (Å²) in [7, 11) is 0. The second kappa shape index (κ2) is 7.84. The van der Waals surface area contributed by atoms with Crippen LogP contribution in [0.25, 0.3) is 33.5 Å². The Morgan fingerprint density at radius 2 is 1.66 bits per heavy atom. The molecule has 1 aromatic carbocycles. The van der Waals surface area contributed by atoms with Crippen LogP contribution in [0.4, 0.5) is 11.6 Å². The van der Waals surface area contributed by atoms with Crippen molar-refractivity contribution in [2.24, 2.45) is 0 Å². The molecule has 160 valence electrons. The van der Waals surface area contributed by atoms with Crippen molar-refractivity contribution in [3.63, 3.8) is 0 Å². The van der Waals surface area contributed by atoms with E-state index in [4.69, 9.17) is 0 Å². The number of fused-ring (bicyclic) bond motifs is 1. The first-order valence-electron chi connectivity index (χ1n) is 10.4. The highest BCUT2D eigenvalue weighted by molar-refractivity contribution is 5.79. The topological polar surface area (TPSA) is 118 Å². The minimum Gasteiger partial charge on any atom is -0.342 e. The number of aromatic nitrogens is 4. The molecule has 4 heterocycles. The van der Waals surface area contributed by atoms with Gasteiger partial charge in [-0.3, -0.25) is 24.9 Å². The van der Waals surface area contributed by atoms with Gasteiger partial charge in [0.25, 0.3) is 11.2 Å². The van der Waals surface area contributed by atoms with Crippen LogP contribution in [0.3, 0.4) is 0 Å². The second-order valence-electron chi connectivity index (χ2n) is 7.78. The standard InChI is InChI=1S/C23H20N6O3/c1-14-17(8-10-19(24-14)15-4-6-16(7-5-15)29(31)32)20-11-9-18-21(25-20)26-23(27-22(18)30)28-12-2-3-13-28/h4-11H,2-3,12-13H2,1H3,(H,25,26,27,30). The third-order valence-electron chi connectivity index (χ3n) is 5.70. The average molecular weight is 428 g/mol. The number of aryl methyl sites for hydroxylation is 1. The van der Waals surface area contributed by atoms with Gasteiger partial charge in [-0.2, -0.15) is 4.98 Å². The number of nitrogens with one attached hydrogen (secondary N) is 1. The Labute approximate surface area is 182 Å². The molecule has 0 unspecified atom stereocenters. The summed E-state index contributed by atoms with van der Waals surface area (Å²) in [5.74, 6) is 0.563. The number of H-pyrrole nitrogens is 1. The number of anilines is 1. The molecular weight excluding hydrogens is 408 g/mol. The fourth-order valence-electron chi connectivity index (χ4n) is 3.98. The van der Waals surface area contributed by atoms with E-state index in [1.807, 2.05) is 19.1 Å². The van der Waals surface area contributed by atoms with Gasteiger partial charge >= 0.3 is 0 Å². The van der Waals surface area contributed by atoms with Crippen LogP contribution in [-0.4, -0.2) is 37.9 Å². The third-order valence-corrected chi connectivity index (χ3v) is 5.70. The molecule has 1 aliphatic heterocycles. The van der Waals surface area contributed by atoms with Gasteiger partial charge in [0.1, 0.15) is 0 Å². The molecule has 1 fully saturated rings. The number of aromatic amines is 1. The molecule has 1 aliphatic rings. The number of nitrogens with zero attached hydrogens (tertiary/aromatic N) is 5. The Kier molecular flexibility index (Phi) is 4.85. The summed E-state index contributed by atoms with van der Waals surface area (Å²) in [6.45, 7) is 3.64. The van der Waals surface area contributed by atoms with Gasteiger partial charge in [0.2, 0.25) is 5.95 Å². The van der Waals surface area contributed by atoms with E-state index in [0.717, 1.165) is 42.8 Å². The van der Waals surface area contributed by atoms with Crippen LogP contribution >= 0.6 is 0 Å². The monoisotopic (exact) mass is 428 g/mol. The maximum Gasteiger partial charge on any atom is 0.269 e. The van der Waals surface area contributed by atoms with Crippen LogP contribution in [0.1, 0.15) is 18.5 Å². The van der Waals surface area contributed by atoms with Crippen molar-refractivity contribution in [2.45, 2.75) is 19.8 Å². The van der Waals surface area contributed by atoms with Gasteiger partial charge in [-0.15, -0.1) is 0 Å². The van der Waals surface area contributed by atoms with Gasteiger partial charge in [0.05, 0.1) is 21.7 Å². The van der Waals surface area contributed by atoms with Crippen molar-refractivity contribution in [1.29, 1.82) is 0 Å². The zero-order chi connectivity index (χ0) is 22.2. The largest absolute Gasteiger partial charge is 0.342 e. The number of hydrogen-bond acceptors (Lipinski definition) is 7. The van der Waals surface area contributed by atoms with Gasteiger partial charge in [-0.25, -0.2) is 4.98 Å². The van der Waals surface area contributed by atoms with Crippen LogP contribution in [0.5, 0.6) is 0 Å². The molecule has 0 radical (unpaired) electrons. The summed E-state index contributed by atoms with van der Waals surface area (Å²) in [5.41, 5.74) is 4.04. The number of nitro benzene ring substituents is 1. The highest BCUT2D eigenvalue weighted by Crippen LogP contribution is 2.27. The van der Waals surface area contributed by atoms with Gasteiger partial charge in [-0.1, -0.05) is 0 Å². The van der Waals surface area contributed by atoms with Gasteiger partial charge < -0.3 is 4.90 Å². The molecule has 1 saturated heterocycles. The lowest BCUT2D eigenvalue weighted by Crippen LogP contribution is -2.24. The fourth-order valence-corrected chi connectivity index (χ4v) is 3.98. The minimum absolute atomic E-state index is 0.0400. The van der Waals surface area contributed by atoms with Crippen LogP contribution in [0.2, 0.25) is 0 Å². The van der Waals surface area contributed by atoms with Crippen molar-refractivity contribution < 1.29 is 4.92 Å². The molecular formula is C23H20N6O3. The Morgan fingerprint density at radius 3 is 2.34 bits per heavy atom. The number of hydrogen-bond donors (Lipinski definition) is 1. The van der Waals surface area contributed by atoms with E-state index in [0.29, 0.717) is 28.4 Å². The summed E-state index contributed by atoms with van der Waals surface area (Å²) < 4.78 is 0. The predicted octanol–water partition coefficient (Wildman–Crippen LogP) is 3.86. The van der Waals surface area contributed by atoms with Crippen molar-refractivity contribution >= 4 is 22.7 Å². The number of nitro groups is 1.